The Kier molecular flexibility index (Phi) is 5.55. The second kappa shape index (κ2) is 6.45. The fourth-order valence-electron chi connectivity index (χ4n) is 1.85. The topological polar surface area (TPSA) is 33.3 Å². The van der Waals surface area contributed by atoms with E-state index in [1.807, 2.05) is 12.1 Å². The van der Waals surface area contributed by atoms with E-state index in [2.05, 4.69) is 32.6 Å². The van der Waals surface area contributed by atoms with Crippen molar-refractivity contribution < 1.29 is 4.74 Å². The molecule has 1 aromatic rings. The van der Waals surface area contributed by atoms with E-state index in [0.717, 1.165) is 29.9 Å². The lowest BCUT2D eigenvalue weighted by Gasteiger charge is -2.26. The fraction of sp³-hybridized carbons (Fsp3) is 0.455. The molecule has 0 aliphatic carbocycles. The van der Waals surface area contributed by atoms with Crippen LogP contribution >= 0.6 is 28.3 Å². The van der Waals surface area contributed by atoms with Gasteiger partial charge >= 0.3 is 0 Å². The molecule has 1 aliphatic rings. The quantitative estimate of drug-likeness (QED) is 0.878. The number of rotatable bonds is 2. The molecule has 1 atom stereocenters. The van der Waals surface area contributed by atoms with Crippen LogP contribution in [0.5, 0.6) is 5.75 Å². The van der Waals surface area contributed by atoms with Gasteiger partial charge in [0.05, 0.1) is 7.11 Å². The van der Waals surface area contributed by atoms with E-state index in [9.17, 15) is 0 Å². The largest absolute Gasteiger partial charge is 0.496 e. The van der Waals surface area contributed by atoms with Crippen molar-refractivity contribution in [2.24, 2.45) is 0 Å². The Morgan fingerprint density at radius 3 is 2.81 bits per heavy atom. The van der Waals surface area contributed by atoms with Gasteiger partial charge in [-0.05, 0) is 18.2 Å². The predicted molar refractivity (Wildman–Crippen MR) is 71.6 cm³/mol. The summed E-state index contributed by atoms with van der Waals surface area (Å²) in [6.45, 7) is 2.99. The Balaban J connectivity index is 0.00000128. The van der Waals surface area contributed by atoms with Gasteiger partial charge < -0.3 is 15.4 Å². The van der Waals surface area contributed by atoms with Gasteiger partial charge in [-0.2, -0.15) is 0 Å². The van der Waals surface area contributed by atoms with Gasteiger partial charge in [0.25, 0.3) is 0 Å². The zero-order chi connectivity index (χ0) is 10.7. The monoisotopic (exact) mass is 306 g/mol. The van der Waals surface area contributed by atoms with Gasteiger partial charge in [-0.25, -0.2) is 0 Å². The minimum absolute atomic E-state index is 0. The highest BCUT2D eigenvalue weighted by Crippen LogP contribution is 2.28. The zero-order valence-corrected chi connectivity index (χ0v) is 11.5. The maximum Gasteiger partial charge on any atom is 0.123 e. The van der Waals surface area contributed by atoms with Crippen molar-refractivity contribution >= 4 is 28.3 Å². The molecule has 1 heterocycles. The molecule has 1 saturated heterocycles. The van der Waals surface area contributed by atoms with E-state index in [0.29, 0.717) is 6.04 Å². The molecule has 0 bridgehead atoms. The van der Waals surface area contributed by atoms with Gasteiger partial charge in [0.2, 0.25) is 0 Å². The van der Waals surface area contributed by atoms with E-state index in [4.69, 9.17) is 4.74 Å². The molecule has 0 radical (unpaired) electrons. The van der Waals surface area contributed by atoms with Gasteiger partial charge in [0, 0.05) is 35.7 Å². The van der Waals surface area contributed by atoms with Crippen LogP contribution in [0.4, 0.5) is 0 Å². The third kappa shape index (κ3) is 3.10. The number of hydrogen-bond donors (Lipinski definition) is 2. The summed E-state index contributed by atoms with van der Waals surface area (Å²) >= 11 is 3.49. The van der Waals surface area contributed by atoms with Crippen molar-refractivity contribution in [1.29, 1.82) is 0 Å². The number of benzene rings is 1. The molecule has 90 valence electrons. The van der Waals surface area contributed by atoms with Crippen molar-refractivity contribution in [3.63, 3.8) is 0 Å². The molecule has 2 N–H and O–H groups in total. The highest BCUT2D eigenvalue weighted by molar-refractivity contribution is 9.10. The molecule has 3 nitrogen and oxygen atoms in total. The molecular weight excluding hydrogens is 291 g/mol. The Labute approximate surface area is 110 Å². The normalized spacial score (nSPS) is 20.0. The van der Waals surface area contributed by atoms with E-state index in [-0.39, 0.29) is 12.4 Å². The molecule has 5 heteroatoms. The second-order valence-electron chi connectivity index (χ2n) is 3.60. The van der Waals surface area contributed by atoms with Gasteiger partial charge in [-0.3, -0.25) is 0 Å². The molecule has 0 unspecified atom stereocenters. The minimum atomic E-state index is 0. The van der Waals surface area contributed by atoms with Crippen LogP contribution in [0.25, 0.3) is 0 Å². The zero-order valence-electron chi connectivity index (χ0n) is 9.13. The first kappa shape index (κ1) is 13.8. The van der Waals surface area contributed by atoms with Gasteiger partial charge in [0.15, 0.2) is 0 Å². The first-order valence-corrected chi connectivity index (χ1v) is 5.88. The molecular formula is C11H16BrClN2O. The average molecular weight is 308 g/mol. The predicted octanol–water partition coefficient (Wildman–Crippen LogP) is 2.11. The lowest BCUT2D eigenvalue weighted by atomic mass is 10.0. The van der Waals surface area contributed by atoms with Crippen molar-refractivity contribution in [1.82, 2.24) is 10.6 Å². The lowest BCUT2D eigenvalue weighted by Crippen LogP contribution is -2.42. The number of piperazine rings is 1. The molecule has 16 heavy (non-hydrogen) atoms. The second-order valence-corrected chi connectivity index (χ2v) is 4.51. The Morgan fingerprint density at radius 2 is 2.19 bits per heavy atom. The summed E-state index contributed by atoms with van der Waals surface area (Å²) < 4.78 is 6.45. The summed E-state index contributed by atoms with van der Waals surface area (Å²) in [6, 6.07) is 6.45. The summed E-state index contributed by atoms with van der Waals surface area (Å²) in [5.41, 5.74) is 1.21. The highest BCUT2D eigenvalue weighted by atomic mass is 79.9. The van der Waals surface area contributed by atoms with Crippen molar-refractivity contribution in [2.45, 2.75) is 6.04 Å². The minimum Gasteiger partial charge on any atom is -0.496 e. The summed E-state index contributed by atoms with van der Waals surface area (Å²) in [7, 11) is 1.71. The Bertz CT molecular complexity index is 343. The lowest BCUT2D eigenvalue weighted by molar-refractivity contribution is 0.381. The third-order valence-electron chi connectivity index (χ3n) is 2.61. The van der Waals surface area contributed by atoms with E-state index < -0.39 is 0 Å². The van der Waals surface area contributed by atoms with Gasteiger partial charge in [-0.15, -0.1) is 12.4 Å². The maximum absolute atomic E-state index is 5.36. The molecule has 0 saturated carbocycles. The number of methoxy groups -OCH3 is 1. The molecule has 0 aromatic heterocycles. The molecule has 1 fully saturated rings. The number of nitrogens with one attached hydrogen (secondary N) is 2. The summed E-state index contributed by atoms with van der Waals surface area (Å²) in [5, 5.41) is 6.84. The first-order valence-electron chi connectivity index (χ1n) is 5.09. The van der Waals surface area contributed by atoms with Crippen LogP contribution in [0.15, 0.2) is 22.7 Å². The Morgan fingerprint density at radius 1 is 1.38 bits per heavy atom. The molecule has 2 rings (SSSR count). The average Bonchev–Trinajstić information content (AvgIpc) is 2.30. The van der Waals surface area contributed by atoms with E-state index >= 15 is 0 Å². The number of ether oxygens (including phenoxy) is 1. The first-order chi connectivity index (χ1) is 7.31. The van der Waals surface area contributed by atoms with Crippen LogP contribution in [0.1, 0.15) is 11.6 Å². The van der Waals surface area contributed by atoms with Crippen LogP contribution < -0.4 is 15.4 Å². The van der Waals surface area contributed by atoms with Crippen molar-refractivity contribution in [2.75, 3.05) is 26.7 Å². The van der Waals surface area contributed by atoms with Crippen LogP contribution in [0.2, 0.25) is 0 Å². The van der Waals surface area contributed by atoms with Gasteiger partial charge in [0.1, 0.15) is 5.75 Å². The fourth-order valence-corrected chi connectivity index (χ4v) is 2.23. The summed E-state index contributed by atoms with van der Waals surface area (Å²) in [4.78, 5) is 0. The van der Waals surface area contributed by atoms with Crippen LogP contribution in [0, 0.1) is 0 Å². The standard InChI is InChI=1S/C11H15BrN2O.ClH/c1-15-11-3-2-8(12)6-9(11)10-7-13-4-5-14-10;/h2-3,6,10,13-14H,4-5,7H2,1H3;1H/t10-;/m1./s1. The molecule has 1 aromatic carbocycles. The Hall–Kier alpha value is -0.290. The van der Waals surface area contributed by atoms with E-state index in [1.165, 1.54) is 5.56 Å². The SMILES string of the molecule is COc1ccc(Br)cc1[C@H]1CNCCN1.Cl. The molecule has 0 amide bonds. The number of hydrogen-bond acceptors (Lipinski definition) is 3. The third-order valence-corrected chi connectivity index (χ3v) is 3.10. The van der Waals surface area contributed by atoms with Crippen LogP contribution in [0.3, 0.4) is 0 Å². The summed E-state index contributed by atoms with van der Waals surface area (Å²) in [5.74, 6) is 0.944. The van der Waals surface area contributed by atoms with Crippen molar-refractivity contribution in [3.8, 4) is 5.75 Å². The molecule has 1 aliphatic heterocycles. The van der Waals surface area contributed by atoms with Crippen LogP contribution in [-0.2, 0) is 0 Å². The maximum atomic E-state index is 5.36. The number of halogens is 2. The van der Waals surface area contributed by atoms with Gasteiger partial charge in [-0.1, -0.05) is 15.9 Å². The molecule has 0 spiro atoms. The van der Waals surface area contributed by atoms with Crippen LogP contribution in [-0.4, -0.2) is 26.7 Å². The highest BCUT2D eigenvalue weighted by Gasteiger charge is 2.18. The summed E-state index contributed by atoms with van der Waals surface area (Å²) in [6.07, 6.45) is 0. The van der Waals surface area contributed by atoms with Crippen molar-refractivity contribution in [3.05, 3.63) is 28.2 Å². The van der Waals surface area contributed by atoms with E-state index in [1.54, 1.807) is 7.11 Å². The smallest absolute Gasteiger partial charge is 0.123 e.